The van der Waals surface area contributed by atoms with Gasteiger partial charge in [-0.2, -0.15) is 13.2 Å². The zero-order valence-corrected chi connectivity index (χ0v) is 28.6. The normalized spacial score (nSPS) is 17.9. The highest BCUT2D eigenvalue weighted by Gasteiger charge is 2.46. The highest BCUT2D eigenvalue weighted by molar-refractivity contribution is 7.13. The number of aliphatic hydroxyl groups excluding tert-OH is 1. The maximum atomic E-state index is 14.6. The SMILES string of the molecule is COCC(=O)N[C@@H](Cc1cc(F)cc(-c2nccs2)c1)[C@H](O)CN[C@H]1CC2(CCC2)Oc2ncc(CC(C)(C)C)cc21.O=C(O)C(F)(F)F. The number of hydrogen-bond acceptors (Lipinski definition) is 9. The average Bonchev–Trinajstić information content (AvgIpc) is 3.53. The van der Waals surface area contributed by atoms with E-state index >= 15 is 0 Å². The van der Waals surface area contributed by atoms with Crippen LogP contribution in [0.15, 0.2) is 42.0 Å². The summed E-state index contributed by atoms with van der Waals surface area (Å²) in [5, 5.41) is 27.6. The lowest BCUT2D eigenvalue weighted by atomic mass is 9.73. The molecule has 0 saturated heterocycles. The van der Waals surface area contributed by atoms with Crippen molar-refractivity contribution in [3.8, 4) is 16.5 Å². The fraction of sp³-hybridized carbons (Fsp3) is 0.529. The molecule has 1 amide bonds. The molecule has 4 N–H and O–H groups in total. The third-order valence-electron chi connectivity index (χ3n) is 8.19. The van der Waals surface area contributed by atoms with Crippen molar-refractivity contribution in [2.45, 2.75) is 89.3 Å². The molecule has 3 aromatic rings. The molecule has 1 fully saturated rings. The number of carboxylic acid groups (broad SMARTS) is 1. The molecule has 0 unspecified atom stereocenters. The second kappa shape index (κ2) is 15.9. The topological polar surface area (TPSA) is 143 Å². The van der Waals surface area contributed by atoms with Gasteiger partial charge in [-0.25, -0.2) is 19.2 Å². The van der Waals surface area contributed by atoms with Crippen LogP contribution in [0.1, 0.15) is 69.2 Å². The number of fused-ring (bicyclic) bond motifs is 1. The number of methoxy groups -OCH3 is 1. The first-order chi connectivity index (χ1) is 23.0. The Labute approximate surface area is 286 Å². The Bertz CT molecular complexity index is 1580. The number of nitrogens with zero attached hydrogens (tertiary/aromatic N) is 2. The number of halogens is 4. The van der Waals surface area contributed by atoms with E-state index in [1.54, 1.807) is 6.20 Å². The maximum Gasteiger partial charge on any atom is 0.490 e. The summed E-state index contributed by atoms with van der Waals surface area (Å²) in [5.41, 5.74) is 3.35. The van der Waals surface area contributed by atoms with E-state index in [9.17, 15) is 27.5 Å². The fourth-order valence-corrected chi connectivity index (χ4v) is 6.55. The van der Waals surface area contributed by atoms with Crippen molar-refractivity contribution in [1.29, 1.82) is 0 Å². The van der Waals surface area contributed by atoms with E-state index in [0.717, 1.165) is 43.2 Å². The molecule has 3 heterocycles. The van der Waals surface area contributed by atoms with Crippen molar-refractivity contribution in [3.05, 3.63) is 64.5 Å². The lowest BCUT2D eigenvalue weighted by Crippen LogP contribution is -2.52. The zero-order valence-electron chi connectivity index (χ0n) is 27.8. The van der Waals surface area contributed by atoms with E-state index in [1.807, 2.05) is 17.6 Å². The molecule has 3 atom stereocenters. The summed E-state index contributed by atoms with van der Waals surface area (Å²) in [4.78, 5) is 30.4. The van der Waals surface area contributed by atoms with Crippen molar-refractivity contribution in [2.24, 2.45) is 5.41 Å². The molecule has 268 valence electrons. The first-order valence-electron chi connectivity index (χ1n) is 15.8. The zero-order chi connectivity index (χ0) is 36.0. The van der Waals surface area contributed by atoms with Gasteiger partial charge in [0.15, 0.2) is 0 Å². The molecular formula is C34H42F4N4O6S. The van der Waals surface area contributed by atoms with Crippen LogP contribution in [-0.2, 0) is 27.2 Å². The van der Waals surface area contributed by atoms with Crippen molar-refractivity contribution in [2.75, 3.05) is 20.3 Å². The molecule has 1 aliphatic heterocycles. The summed E-state index contributed by atoms with van der Waals surface area (Å²) in [6.45, 7) is 6.69. The van der Waals surface area contributed by atoms with Crippen molar-refractivity contribution < 1.29 is 46.8 Å². The Morgan fingerprint density at radius 3 is 2.43 bits per heavy atom. The van der Waals surface area contributed by atoms with Crippen molar-refractivity contribution in [1.82, 2.24) is 20.6 Å². The Kier molecular flexibility index (Phi) is 12.4. The molecule has 1 spiro atoms. The highest BCUT2D eigenvalue weighted by Crippen LogP contribution is 2.48. The van der Waals surface area contributed by atoms with Crippen LogP contribution in [0.2, 0.25) is 0 Å². The lowest BCUT2D eigenvalue weighted by molar-refractivity contribution is -0.192. The van der Waals surface area contributed by atoms with Gasteiger partial charge in [0, 0.05) is 55.0 Å². The van der Waals surface area contributed by atoms with Gasteiger partial charge in [0.05, 0.1) is 12.1 Å². The standard InChI is InChI=1S/C32H41FN4O4S.C2HF3O2/c1-31(2,3)15-21-12-24-26(16-32(6-5-7-32)41-29(24)36-17-21)35-18-27(38)25(37-28(39)19-40-4)13-20-10-22(14-23(33)11-20)30-34-8-9-42-30;3-2(4,5)1(6)7/h8-12,14,17,25-27,35,38H,5-7,13,15-16,18-19H2,1-4H3,(H,37,39);(H,6,7)/t25-,26-,27+;/m0./s1. The third-order valence-corrected chi connectivity index (χ3v) is 9.02. The monoisotopic (exact) mass is 710 g/mol. The molecule has 49 heavy (non-hydrogen) atoms. The molecule has 15 heteroatoms. The smallest absolute Gasteiger partial charge is 0.475 e. The van der Waals surface area contributed by atoms with Crippen LogP contribution in [0.4, 0.5) is 17.6 Å². The number of aliphatic hydroxyl groups is 1. The van der Waals surface area contributed by atoms with Crippen molar-refractivity contribution >= 4 is 23.2 Å². The quantitative estimate of drug-likeness (QED) is 0.186. The number of benzene rings is 1. The molecule has 1 aliphatic carbocycles. The summed E-state index contributed by atoms with van der Waals surface area (Å²) >= 11 is 1.43. The van der Waals surface area contributed by atoms with Gasteiger partial charge in [0.2, 0.25) is 11.8 Å². The van der Waals surface area contributed by atoms with E-state index in [4.69, 9.17) is 24.4 Å². The van der Waals surface area contributed by atoms with Gasteiger partial charge in [0.1, 0.15) is 23.0 Å². The second-order valence-corrected chi connectivity index (χ2v) is 14.5. The largest absolute Gasteiger partial charge is 0.490 e. The van der Waals surface area contributed by atoms with Crippen LogP contribution in [0.25, 0.3) is 10.6 Å². The van der Waals surface area contributed by atoms with E-state index in [-0.39, 0.29) is 42.5 Å². The summed E-state index contributed by atoms with van der Waals surface area (Å²) in [7, 11) is 1.44. The minimum Gasteiger partial charge on any atom is -0.475 e. The van der Waals surface area contributed by atoms with Gasteiger partial charge in [-0.05, 0) is 72.9 Å². The van der Waals surface area contributed by atoms with E-state index in [1.165, 1.54) is 30.6 Å². The molecule has 2 aromatic heterocycles. The van der Waals surface area contributed by atoms with Crippen molar-refractivity contribution in [3.63, 3.8) is 0 Å². The molecule has 0 radical (unpaired) electrons. The summed E-state index contributed by atoms with van der Waals surface area (Å²) < 4.78 is 57.8. The van der Waals surface area contributed by atoms with Gasteiger partial charge >= 0.3 is 12.1 Å². The number of carboxylic acids is 1. The summed E-state index contributed by atoms with van der Waals surface area (Å²) in [5.74, 6) is -2.84. The summed E-state index contributed by atoms with van der Waals surface area (Å²) in [6.07, 6.45) is 2.55. The number of thiazole rings is 1. The number of amides is 1. The molecule has 1 saturated carbocycles. The van der Waals surface area contributed by atoms with Crippen LogP contribution >= 0.6 is 11.3 Å². The van der Waals surface area contributed by atoms with Crippen LogP contribution in [-0.4, -0.2) is 76.2 Å². The number of ether oxygens (including phenoxy) is 2. The first kappa shape index (κ1) is 38.1. The maximum absolute atomic E-state index is 14.6. The average molecular weight is 711 g/mol. The Balaban J connectivity index is 0.000000698. The Morgan fingerprint density at radius 2 is 1.86 bits per heavy atom. The number of alkyl halides is 3. The lowest BCUT2D eigenvalue weighted by Gasteiger charge is -2.47. The number of rotatable bonds is 11. The van der Waals surface area contributed by atoms with Crippen LogP contribution in [0.5, 0.6) is 5.88 Å². The number of pyridine rings is 1. The number of carbonyl (C=O) groups excluding carboxylic acids is 1. The molecule has 2 aliphatic rings. The minimum absolute atomic E-state index is 0.0582. The third kappa shape index (κ3) is 10.9. The predicted octanol–water partition coefficient (Wildman–Crippen LogP) is 5.64. The van der Waals surface area contributed by atoms with Gasteiger partial charge in [0.25, 0.3) is 0 Å². The molecule has 0 bridgehead atoms. The predicted molar refractivity (Wildman–Crippen MR) is 175 cm³/mol. The number of aliphatic carboxylic acids is 1. The van der Waals surface area contributed by atoms with Crippen LogP contribution in [0.3, 0.4) is 0 Å². The minimum atomic E-state index is -5.08. The summed E-state index contributed by atoms with van der Waals surface area (Å²) in [6, 6.07) is 6.18. The van der Waals surface area contributed by atoms with Gasteiger partial charge in [-0.15, -0.1) is 11.3 Å². The number of nitrogens with one attached hydrogen (secondary N) is 2. The molecule has 5 rings (SSSR count). The highest BCUT2D eigenvalue weighted by atomic mass is 32.1. The Hall–Kier alpha value is -3.66. The first-order valence-corrected chi connectivity index (χ1v) is 16.7. The molecular weight excluding hydrogens is 668 g/mol. The molecule has 1 aromatic carbocycles. The van der Waals surface area contributed by atoms with Crippen LogP contribution in [0, 0.1) is 11.2 Å². The Morgan fingerprint density at radius 1 is 1.14 bits per heavy atom. The van der Waals surface area contributed by atoms with E-state index in [2.05, 4.69) is 42.5 Å². The second-order valence-electron chi connectivity index (χ2n) is 13.6. The fourth-order valence-electron chi connectivity index (χ4n) is 5.93. The van der Waals surface area contributed by atoms with E-state index < -0.39 is 30.1 Å². The van der Waals surface area contributed by atoms with Gasteiger partial charge in [-0.3, -0.25) is 4.79 Å². The number of carbonyl (C=O) groups is 2. The van der Waals surface area contributed by atoms with Gasteiger partial charge in [-0.1, -0.05) is 20.8 Å². The molecule has 10 nitrogen and oxygen atoms in total. The number of hydrogen-bond donors (Lipinski definition) is 4. The van der Waals surface area contributed by atoms with Gasteiger partial charge < -0.3 is 30.3 Å². The van der Waals surface area contributed by atoms with Crippen LogP contribution < -0.4 is 15.4 Å². The van der Waals surface area contributed by atoms with E-state index in [0.29, 0.717) is 22.0 Å². The number of aromatic nitrogens is 2.